The van der Waals surface area contributed by atoms with Crippen molar-refractivity contribution in [3.63, 3.8) is 0 Å². The van der Waals surface area contributed by atoms with Crippen LogP contribution in [0.3, 0.4) is 0 Å². The van der Waals surface area contributed by atoms with Gasteiger partial charge in [0.15, 0.2) is 0 Å². The summed E-state index contributed by atoms with van der Waals surface area (Å²) in [4.78, 5) is 2.35. The first-order valence-electron chi connectivity index (χ1n) is 5.86. The molecule has 4 heteroatoms. The predicted octanol–water partition coefficient (Wildman–Crippen LogP) is 3.20. The standard InChI is InChI=1S/C13H17BrFNO/c1-9-6-16(7-10(2)17-9)8-11-3-4-13(15)12(14)5-11/h3-5,9-10H,6-8H2,1-2H3/t9-,10+. The van der Waals surface area contributed by atoms with E-state index in [9.17, 15) is 4.39 Å². The molecule has 1 aliphatic heterocycles. The number of benzene rings is 1. The second-order valence-corrected chi connectivity index (χ2v) is 5.55. The van der Waals surface area contributed by atoms with Crippen LogP contribution in [-0.2, 0) is 11.3 Å². The largest absolute Gasteiger partial charge is 0.373 e. The molecule has 1 aromatic carbocycles. The van der Waals surface area contributed by atoms with Gasteiger partial charge in [0.05, 0.1) is 16.7 Å². The van der Waals surface area contributed by atoms with Crippen molar-refractivity contribution in [1.29, 1.82) is 0 Å². The summed E-state index contributed by atoms with van der Waals surface area (Å²) in [6, 6.07) is 5.19. The number of nitrogens with zero attached hydrogens (tertiary/aromatic N) is 1. The Morgan fingerprint density at radius 2 is 2.00 bits per heavy atom. The third kappa shape index (κ3) is 3.50. The van der Waals surface area contributed by atoms with Crippen molar-refractivity contribution in [1.82, 2.24) is 4.90 Å². The summed E-state index contributed by atoms with van der Waals surface area (Å²) in [5, 5.41) is 0. The van der Waals surface area contributed by atoms with Crippen molar-refractivity contribution in [3.05, 3.63) is 34.1 Å². The molecule has 0 aliphatic carbocycles. The molecule has 17 heavy (non-hydrogen) atoms. The van der Waals surface area contributed by atoms with E-state index in [1.807, 2.05) is 12.1 Å². The van der Waals surface area contributed by atoms with Crippen LogP contribution in [0.25, 0.3) is 0 Å². The molecular formula is C13H17BrFNO. The molecule has 0 unspecified atom stereocenters. The zero-order valence-electron chi connectivity index (χ0n) is 10.1. The molecule has 1 saturated heterocycles. The number of halogens is 2. The highest BCUT2D eigenvalue weighted by molar-refractivity contribution is 9.10. The minimum absolute atomic E-state index is 0.211. The van der Waals surface area contributed by atoms with Crippen LogP contribution in [-0.4, -0.2) is 30.2 Å². The Hall–Kier alpha value is -0.450. The average molecular weight is 302 g/mol. The Morgan fingerprint density at radius 3 is 2.59 bits per heavy atom. The maximum Gasteiger partial charge on any atom is 0.137 e. The van der Waals surface area contributed by atoms with E-state index >= 15 is 0 Å². The lowest BCUT2D eigenvalue weighted by atomic mass is 10.1. The third-order valence-corrected chi connectivity index (χ3v) is 3.49. The fraction of sp³-hybridized carbons (Fsp3) is 0.538. The topological polar surface area (TPSA) is 12.5 Å². The molecule has 0 amide bonds. The van der Waals surface area contributed by atoms with Crippen LogP contribution in [0, 0.1) is 5.82 Å². The van der Waals surface area contributed by atoms with Gasteiger partial charge in [0, 0.05) is 19.6 Å². The minimum Gasteiger partial charge on any atom is -0.373 e. The van der Waals surface area contributed by atoms with Gasteiger partial charge in [0.1, 0.15) is 5.82 Å². The lowest BCUT2D eigenvalue weighted by Gasteiger charge is -2.35. The van der Waals surface area contributed by atoms with Crippen molar-refractivity contribution < 1.29 is 9.13 Å². The molecule has 1 aliphatic rings. The molecule has 1 aromatic rings. The molecule has 0 bridgehead atoms. The molecule has 0 spiro atoms. The first-order chi connectivity index (χ1) is 8.04. The van der Waals surface area contributed by atoms with Gasteiger partial charge in [0.2, 0.25) is 0 Å². The van der Waals surface area contributed by atoms with E-state index in [0.29, 0.717) is 4.47 Å². The van der Waals surface area contributed by atoms with Gasteiger partial charge >= 0.3 is 0 Å². The molecule has 2 rings (SSSR count). The van der Waals surface area contributed by atoms with Gasteiger partial charge in [-0.3, -0.25) is 4.90 Å². The monoisotopic (exact) mass is 301 g/mol. The van der Waals surface area contributed by atoms with Crippen LogP contribution < -0.4 is 0 Å². The van der Waals surface area contributed by atoms with Crippen LogP contribution in [0.1, 0.15) is 19.4 Å². The number of hydrogen-bond acceptors (Lipinski definition) is 2. The lowest BCUT2D eigenvalue weighted by molar-refractivity contribution is -0.0704. The first-order valence-corrected chi connectivity index (χ1v) is 6.65. The summed E-state index contributed by atoms with van der Waals surface area (Å²) in [7, 11) is 0. The Labute approximate surface area is 110 Å². The summed E-state index contributed by atoms with van der Waals surface area (Å²) in [6.45, 7) is 6.88. The van der Waals surface area contributed by atoms with Gasteiger partial charge in [-0.15, -0.1) is 0 Å². The van der Waals surface area contributed by atoms with Crippen LogP contribution in [0.2, 0.25) is 0 Å². The van der Waals surface area contributed by atoms with E-state index in [0.717, 1.165) is 25.2 Å². The van der Waals surface area contributed by atoms with Gasteiger partial charge in [0.25, 0.3) is 0 Å². The zero-order valence-corrected chi connectivity index (χ0v) is 11.7. The summed E-state index contributed by atoms with van der Waals surface area (Å²) in [5.41, 5.74) is 1.12. The van der Waals surface area contributed by atoms with Crippen LogP contribution >= 0.6 is 15.9 Å². The molecule has 1 fully saturated rings. The van der Waals surface area contributed by atoms with Crippen LogP contribution in [0.4, 0.5) is 4.39 Å². The minimum atomic E-state index is -0.211. The van der Waals surface area contributed by atoms with Gasteiger partial charge in [-0.05, 0) is 47.5 Å². The Kier molecular flexibility index (Phi) is 4.17. The summed E-state index contributed by atoms with van der Waals surface area (Å²) >= 11 is 3.22. The number of ether oxygens (including phenoxy) is 1. The highest BCUT2D eigenvalue weighted by Crippen LogP contribution is 2.19. The van der Waals surface area contributed by atoms with E-state index in [1.54, 1.807) is 0 Å². The van der Waals surface area contributed by atoms with Crippen LogP contribution in [0.15, 0.2) is 22.7 Å². The molecular weight excluding hydrogens is 285 g/mol. The molecule has 0 saturated carbocycles. The third-order valence-electron chi connectivity index (χ3n) is 2.89. The second-order valence-electron chi connectivity index (χ2n) is 4.70. The second kappa shape index (κ2) is 5.46. The van der Waals surface area contributed by atoms with Crippen molar-refractivity contribution in [3.8, 4) is 0 Å². The summed E-state index contributed by atoms with van der Waals surface area (Å²) < 4.78 is 19.3. The fourth-order valence-electron chi connectivity index (χ4n) is 2.31. The predicted molar refractivity (Wildman–Crippen MR) is 69.4 cm³/mol. The Morgan fingerprint density at radius 1 is 1.35 bits per heavy atom. The molecule has 1 heterocycles. The van der Waals surface area contributed by atoms with Crippen molar-refractivity contribution in [2.24, 2.45) is 0 Å². The van der Waals surface area contributed by atoms with Crippen molar-refractivity contribution in [2.45, 2.75) is 32.6 Å². The SMILES string of the molecule is C[C@@H]1CN(Cc2ccc(F)c(Br)c2)C[C@H](C)O1. The molecule has 0 radical (unpaired) electrons. The maximum atomic E-state index is 13.1. The Bertz CT molecular complexity index is 389. The van der Waals surface area contributed by atoms with Crippen molar-refractivity contribution in [2.75, 3.05) is 13.1 Å². The molecule has 2 atom stereocenters. The normalized spacial score (nSPS) is 26.1. The highest BCUT2D eigenvalue weighted by Gasteiger charge is 2.22. The molecule has 0 N–H and O–H groups in total. The van der Waals surface area contributed by atoms with E-state index in [1.165, 1.54) is 6.07 Å². The number of morpholine rings is 1. The summed E-state index contributed by atoms with van der Waals surface area (Å²) in [6.07, 6.45) is 0.533. The van der Waals surface area contributed by atoms with Gasteiger partial charge < -0.3 is 4.74 Å². The Balaban J connectivity index is 2.02. The maximum absolute atomic E-state index is 13.1. The lowest BCUT2D eigenvalue weighted by Crippen LogP contribution is -2.44. The van der Waals surface area contributed by atoms with E-state index in [-0.39, 0.29) is 18.0 Å². The quantitative estimate of drug-likeness (QED) is 0.832. The van der Waals surface area contributed by atoms with E-state index < -0.39 is 0 Å². The first kappa shape index (κ1) is 13.0. The van der Waals surface area contributed by atoms with Gasteiger partial charge in [-0.2, -0.15) is 0 Å². The van der Waals surface area contributed by atoms with Gasteiger partial charge in [-0.1, -0.05) is 6.07 Å². The van der Waals surface area contributed by atoms with Crippen LogP contribution in [0.5, 0.6) is 0 Å². The smallest absolute Gasteiger partial charge is 0.137 e. The molecule has 2 nitrogen and oxygen atoms in total. The molecule has 94 valence electrons. The van der Waals surface area contributed by atoms with E-state index in [2.05, 4.69) is 34.7 Å². The average Bonchev–Trinajstić information content (AvgIpc) is 2.22. The highest BCUT2D eigenvalue weighted by atomic mass is 79.9. The zero-order chi connectivity index (χ0) is 12.4. The fourth-order valence-corrected chi connectivity index (χ4v) is 2.74. The van der Waals surface area contributed by atoms with Gasteiger partial charge in [-0.25, -0.2) is 4.39 Å². The number of rotatable bonds is 2. The summed E-state index contributed by atoms with van der Waals surface area (Å²) in [5.74, 6) is -0.211. The van der Waals surface area contributed by atoms with Crippen molar-refractivity contribution >= 4 is 15.9 Å². The number of hydrogen-bond donors (Lipinski definition) is 0. The van der Waals surface area contributed by atoms with E-state index in [4.69, 9.17) is 4.74 Å². The molecule has 0 aromatic heterocycles.